The van der Waals surface area contributed by atoms with Crippen LogP contribution < -0.4 is 0 Å². The molecule has 0 aromatic carbocycles. The van der Waals surface area contributed by atoms with Crippen LogP contribution in [0.25, 0.3) is 0 Å². The van der Waals surface area contributed by atoms with Crippen LogP contribution in [0, 0.1) is 0 Å². The Hall–Kier alpha value is -0.198. The van der Waals surface area contributed by atoms with Crippen molar-refractivity contribution in [2.45, 2.75) is 104 Å². The number of carbonyl (C=O) groups excluding carboxylic acids is 2. The molecule has 136 valence electrons. The van der Waals surface area contributed by atoms with E-state index in [-0.39, 0.29) is 27.3 Å². The molecule has 0 heterocycles. The second-order valence-corrected chi connectivity index (χ2v) is 6.30. The fraction of sp³-hybridized carbons (Fsp3) is 0.800. The van der Waals surface area contributed by atoms with Crippen molar-refractivity contribution in [3.05, 3.63) is 12.2 Å². The zero-order valence-corrected chi connectivity index (χ0v) is 20.0. The maximum Gasteiger partial charge on any atom is 0.313 e. The number of hydrogen-bond acceptors (Lipinski definition) is 3. The van der Waals surface area contributed by atoms with Crippen molar-refractivity contribution >= 4 is 11.9 Å². The van der Waals surface area contributed by atoms with Gasteiger partial charge in [-0.3, -0.25) is 9.59 Å². The molecule has 0 aromatic rings. The molecule has 0 aromatic heterocycles. The van der Waals surface area contributed by atoms with Gasteiger partial charge in [0.15, 0.2) is 0 Å². The van der Waals surface area contributed by atoms with E-state index in [1.165, 1.54) is 71.1 Å². The number of esters is 2. The van der Waals surface area contributed by atoms with Crippen molar-refractivity contribution in [2.24, 2.45) is 0 Å². The van der Waals surface area contributed by atoms with E-state index in [1.807, 2.05) is 0 Å². The van der Waals surface area contributed by atoms with E-state index in [9.17, 15) is 9.59 Å². The van der Waals surface area contributed by atoms with Crippen molar-refractivity contribution in [3.8, 4) is 0 Å². The Morgan fingerprint density at radius 1 is 0.750 bits per heavy atom. The summed E-state index contributed by atoms with van der Waals surface area (Å²) < 4.78 is 4.48. The Labute approximate surface area is 169 Å². The van der Waals surface area contributed by atoms with Crippen molar-refractivity contribution in [1.82, 2.24) is 0 Å². The Morgan fingerprint density at radius 2 is 1.21 bits per heavy atom. The molecule has 0 rings (SSSR count). The van der Waals surface area contributed by atoms with Crippen molar-refractivity contribution in [2.75, 3.05) is 0 Å². The SMILES string of the molecule is CCCCCCCC/C=C\CCCCCCCC(=O)OC(C)=O.[Cd]. The van der Waals surface area contributed by atoms with Gasteiger partial charge < -0.3 is 4.74 Å². The number of allylic oxidation sites excluding steroid dienone is 2. The average Bonchev–Trinajstić information content (AvgIpc) is 2.50. The Morgan fingerprint density at radius 3 is 1.71 bits per heavy atom. The average molecular weight is 437 g/mol. The number of ether oxygens (including phenoxy) is 1. The molecule has 0 aliphatic carbocycles. The van der Waals surface area contributed by atoms with E-state index in [2.05, 4.69) is 23.8 Å². The molecule has 24 heavy (non-hydrogen) atoms. The smallest absolute Gasteiger partial charge is 0.313 e. The molecule has 0 aliphatic heterocycles. The molecule has 0 bridgehead atoms. The van der Waals surface area contributed by atoms with Crippen LogP contribution in [-0.2, 0) is 41.6 Å². The molecule has 4 heteroatoms. The minimum atomic E-state index is -0.511. The quantitative estimate of drug-likeness (QED) is 0.102. The number of carbonyl (C=O) groups is 2. The molecule has 0 saturated carbocycles. The molecule has 0 unspecified atom stereocenters. The van der Waals surface area contributed by atoms with Crippen molar-refractivity contribution in [3.63, 3.8) is 0 Å². The second-order valence-electron chi connectivity index (χ2n) is 6.30. The van der Waals surface area contributed by atoms with Gasteiger partial charge in [-0.2, -0.15) is 0 Å². The molecule has 0 amide bonds. The fourth-order valence-corrected chi connectivity index (χ4v) is 2.55. The molecule has 0 N–H and O–H groups in total. The van der Waals surface area contributed by atoms with Gasteiger partial charge in [-0.15, -0.1) is 0 Å². The Balaban J connectivity index is 0. The normalized spacial score (nSPS) is 10.6. The van der Waals surface area contributed by atoms with Crippen LogP contribution in [-0.4, -0.2) is 11.9 Å². The first-order valence-electron chi connectivity index (χ1n) is 9.53. The topological polar surface area (TPSA) is 43.4 Å². The first-order chi connectivity index (χ1) is 11.2. The molecule has 0 atom stereocenters. The fourth-order valence-electron chi connectivity index (χ4n) is 2.55. The molecule has 0 saturated heterocycles. The standard InChI is InChI=1S/C20H36O3.Cd/c1-3-4-5-6-7-8-9-10-11-12-13-14-15-16-17-18-20(22)23-19(2)21;/h10-11H,3-9,12-18H2,1-2H3;/b11-10-;. The third-order valence-corrected chi connectivity index (χ3v) is 3.90. The predicted molar refractivity (Wildman–Crippen MR) is 96.2 cm³/mol. The van der Waals surface area contributed by atoms with Crippen LogP contribution in [0.5, 0.6) is 0 Å². The predicted octanol–water partition coefficient (Wildman–Crippen LogP) is 6.11. The molecular formula is C20H36CdO3. The second kappa shape index (κ2) is 20.8. The van der Waals surface area contributed by atoms with Gasteiger partial charge in [0.25, 0.3) is 0 Å². The van der Waals surface area contributed by atoms with Gasteiger partial charge in [-0.25, -0.2) is 0 Å². The number of rotatable bonds is 15. The molecule has 0 radical (unpaired) electrons. The molecule has 0 aliphatic rings. The minimum Gasteiger partial charge on any atom is -0.393 e. The van der Waals surface area contributed by atoms with Crippen LogP contribution in [0.3, 0.4) is 0 Å². The van der Waals surface area contributed by atoms with E-state index >= 15 is 0 Å². The summed E-state index contributed by atoms with van der Waals surface area (Å²) in [6.45, 7) is 3.52. The van der Waals surface area contributed by atoms with E-state index in [4.69, 9.17) is 0 Å². The van der Waals surface area contributed by atoms with Gasteiger partial charge in [0.2, 0.25) is 0 Å². The van der Waals surface area contributed by atoms with Crippen LogP contribution in [0.15, 0.2) is 12.2 Å². The first-order valence-corrected chi connectivity index (χ1v) is 9.53. The largest absolute Gasteiger partial charge is 0.393 e. The van der Waals surface area contributed by atoms with Crippen LogP contribution >= 0.6 is 0 Å². The van der Waals surface area contributed by atoms with Gasteiger partial charge in [0.1, 0.15) is 0 Å². The Bertz CT molecular complexity index is 327. The third-order valence-electron chi connectivity index (χ3n) is 3.90. The summed E-state index contributed by atoms with van der Waals surface area (Å²) in [5.74, 6) is -0.905. The zero-order valence-electron chi connectivity index (χ0n) is 16.0. The minimum absolute atomic E-state index is 0. The molecule has 3 nitrogen and oxygen atoms in total. The first kappa shape index (κ1) is 26.0. The Kier molecular flexibility index (Phi) is 22.6. The molecule has 0 spiro atoms. The monoisotopic (exact) mass is 438 g/mol. The number of unbranched alkanes of at least 4 members (excludes halogenated alkanes) is 11. The maximum atomic E-state index is 11.1. The summed E-state index contributed by atoms with van der Waals surface area (Å²) in [5, 5.41) is 0. The molecular weight excluding hydrogens is 401 g/mol. The summed E-state index contributed by atoms with van der Waals surface area (Å²) >= 11 is 0. The van der Waals surface area contributed by atoms with Gasteiger partial charge in [-0.1, -0.05) is 70.4 Å². The van der Waals surface area contributed by atoms with E-state index in [0.29, 0.717) is 6.42 Å². The summed E-state index contributed by atoms with van der Waals surface area (Å²) in [6.07, 6.45) is 21.0. The van der Waals surface area contributed by atoms with Gasteiger partial charge in [0, 0.05) is 40.6 Å². The van der Waals surface area contributed by atoms with Crippen molar-refractivity contribution in [1.29, 1.82) is 0 Å². The maximum absolute atomic E-state index is 11.1. The summed E-state index contributed by atoms with van der Waals surface area (Å²) in [7, 11) is 0. The van der Waals surface area contributed by atoms with Gasteiger partial charge in [-0.05, 0) is 32.1 Å². The summed E-state index contributed by atoms with van der Waals surface area (Å²) in [6, 6.07) is 0. The van der Waals surface area contributed by atoms with Crippen molar-refractivity contribution < 1.29 is 41.6 Å². The summed E-state index contributed by atoms with van der Waals surface area (Å²) in [5.41, 5.74) is 0. The zero-order chi connectivity index (χ0) is 17.2. The van der Waals surface area contributed by atoms with Crippen LogP contribution in [0.1, 0.15) is 104 Å². The molecule has 0 fully saturated rings. The third kappa shape index (κ3) is 21.8. The van der Waals surface area contributed by atoms with E-state index in [0.717, 1.165) is 19.3 Å². The van der Waals surface area contributed by atoms with E-state index in [1.54, 1.807) is 0 Å². The van der Waals surface area contributed by atoms with Crippen LogP contribution in [0.4, 0.5) is 0 Å². The van der Waals surface area contributed by atoms with Crippen LogP contribution in [0.2, 0.25) is 0 Å². The summed E-state index contributed by atoms with van der Waals surface area (Å²) in [4.78, 5) is 21.7. The van der Waals surface area contributed by atoms with Gasteiger partial charge in [0.05, 0.1) is 0 Å². The van der Waals surface area contributed by atoms with Gasteiger partial charge >= 0.3 is 11.9 Å². The number of hydrogen-bond donors (Lipinski definition) is 0. The van der Waals surface area contributed by atoms with E-state index < -0.39 is 11.9 Å².